The molecule has 49 heavy (non-hydrogen) atoms. The van der Waals surface area contributed by atoms with Crippen LogP contribution in [0.1, 0.15) is 71.7 Å². The van der Waals surface area contributed by atoms with E-state index >= 15 is 8.78 Å². The third-order valence-corrected chi connectivity index (χ3v) is 11.3. The minimum atomic E-state index is -2.53. The Hall–Kier alpha value is -5.07. The predicted molar refractivity (Wildman–Crippen MR) is 161 cm³/mol. The molecule has 0 aliphatic heterocycles. The van der Waals surface area contributed by atoms with Crippen LogP contribution >= 0.6 is 0 Å². The van der Waals surface area contributed by atoms with Crippen LogP contribution in [0.4, 0.5) is 8.78 Å². The SMILES string of the molecule is C[C@@H]1C[C@H]2[C@@H]3C[C@H](F)C4=CC(=O)C=C[C@]4(C)[C@@]3(F)[C@@H](OC(=O)c3ccco3)C[C@]2(C)[C@@]1(OC(=O)c1ccco1)C(=O)OC(=O)c1ccco1. The molecule has 0 saturated heterocycles. The Bertz CT molecular complexity index is 1880. The smallest absolute Gasteiger partial charge is 0.381 e. The molecule has 0 amide bonds. The van der Waals surface area contributed by atoms with Crippen molar-refractivity contribution < 1.29 is 60.2 Å². The fraction of sp³-hybridized carbons (Fsp3) is 0.417. The Balaban J connectivity index is 1.39. The highest BCUT2D eigenvalue weighted by molar-refractivity contribution is 6.02. The number of carbonyl (C=O) groups is 5. The number of hydrogen-bond acceptors (Lipinski definition) is 11. The van der Waals surface area contributed by atoms with Crippen molar-refractivity contribution in [2.45, 2.75) is 63.6 Å². The molecule has 7 rings (SSSR count). The molecule has 9 atom stereocenters. The predicted octanol–water partition coefficient (Wildman–Crippen LogP) is 6.17. The first-order chi connectivity index (χ1) is 23.3. The molecule has 0 aromatic carbocycles. The molecule has 0 bridgehead atoms. The van der Waals surface area contributed by atoms with E-state index in [1.165, 1.54) is 68.2 Å². The molecule has 11 nitrogen and oxygen atoms in total. The Morgan fingerprint density at radius 3 is 2.04 bits per heavy atom. The summed E-state index contributed by atoms with van der Waals surface area (Å²) >= 11 is 0. The van der Waals surface area contributed by atoms with Gasteiger partial charge in [-0.05, 0) is 86.2 Å². The zero-order valence-electron chi connectivity index (χ0n) is 26.7. The maximum atomic E-state index is 18.6. The zero-order valence-corrected chi connectivity index (χ0v) is 26.7. The van der Waals surface area contributed by atoms with Crippen molar-refractivity contribution >= 4 is 29.7 Å². The largest absolute Gasteiger partial charge is 0.457 e. The summed E-state index contributed by atoms with van der Waals surface area (Å²) in [6, 6.07) is 8.21. The van der Waals surface area contributed by atoms with Crippen LogP contribution in [-0.2, 0) is 23.8 Å². The Morgan fingerprint density at radius 2 is 1.45 bits per heavy atom. The second-order valence-electron chi connectivity index (χ2n) is 13.6. The summed E-state index contributed by atoms with van der Waals surface area (Å²) in [4.78, 5) is 67.0. The fourth-order valence-corrected chi connectivity index (χ4v) is 9.09. The van der Waals surface area contributed by atoms with Gasteiger partial charge in [-0.25, -0.2) is 28.0 Å². The van der Waals surface area contributed by atoms with E-state index in [9.17, 15) is 24.0 Å². The summed E-state index contributed by atoms with van der Waals surface area (Å²) in [5.41, 5.74) is -8.31. The summed E-state index contributed by atoms with van der Waals surface area (Å²) < 4.78 is 67.8. The molecular formula is C36H32F2O11. The monoisotopic (exact) mass is 678 g/mol. The summed E-state index contributed by atoms with van der Waals surface area (Å²) in [5, 5.41) is 0. The van der Waals surface area contributed by atoms with Gasteiger partial charge in [0.25, 0.3) is 0 Å². The summed E-state index contributed by atoms with van der Waals surface area (Å²) in [6.45, 7) is 4.60. The molecular weight excluding hydrogens is 646 g/mol. The lowest BCUT2D eigenvalue weighted by atomic mass is 9.44. The first kappa shape index (κ1) is 32.5. The van der Waals surface area contributed by atoms with Crippen molar-refractivity contribution in [1.82, 2.24) is 0 Å². The van der Waals surface area contributed by atoms with Gasteiger partial charge in [0, 0.05) is 22.7 Å². The molecule has 256 valence electrons. The number of furan rings is 3. The van der Waals surface area contributed by atoms with Crippen molar-refractivity contribution in [2.75, 3.05) is 0 Å². The lowest BCUT2D eigenvalue weighted by Crippen LogP contribution is -2.71. The quantitative estimate of drug-likeness (QED) is 0.167. The Kier molecular flexibility index (Phi) is 7.45. The highest BCUT2D eigenvalue weighted by Crippen LogP contribution is 2.72. The molecule has 3 heterocycles. The summed E-state index contributed by atoms with van der Waals surface area (Å²) in [5.74, 6) is -8.93. The number of hydrogen-bond donors (Lipinski definition) is 0. The van der Waals surface area contributed by atoms with Crippen LogP contribution < -0.4 is 0 Å². The van der Waals surface area contributed by atoms with Gasteiger partial charge in [-0.15, -0.1) is 0 Å². The van der Waals surface area contributed by atoms with E-state index in [-0.39, 0.29) is 29.3 Å². The van der Waals surface area contributed by atoms with Gasteiger partial charge in [-0.2, -0.15) is 0 Å². The van der Waals surface area contributed by atoms with Crippen molar-refractivity contribution in [3.05, 3.63) is 96.3 Å². The van der Waals surface area contributed by atoms with Gasteiger partial charge in [-0.1, -0.05) is 19.9 Å². The van der Waals surface area contributed by atoms with Gasteiger partial charge in [0.15, 0.2) is 11.5 Å². The third-order valence-electron chi connectivity index (χ3n) is 11.3. The molecule has 0 unspecified atom stereocenters. The molecule has 3 fully saturated rings. The third kappa shape index (κ3) is 4.54. The number of esters is 4. The number of rotatable bonds is 6. The number of ketones is 1. The number of ether oxygens (including phenoxy) is 3. The van der Waals surface area contributed by atoms with E-state index in [1.54, 1.807) is 13.8 Å². The van der Waals surface area contributed by atoms with Gasteiger partial charge in [0.05, 0.1) is 18.8 Å². The van der Waals surface area contributed by atoms with E-state index < -0.39 is 94.6 Å². The van der Waals surface area contributed by atoms with Crippen LogP contribution in [0.15, 0.2) is 92.2 Å². The number of allylic oxidation sites excluding steroid dienone is 4. The van der Waals surface area contributed by atoms with E-state index in [2.05, 4.69) is 0 Å². The van der Waals surface area contributed by atoms with Gasteiger partial charge in [0.2, 0.25) is 22.9 Å². The van der Waals surface area contributed by atoms with E-state index in [4.69, 9.17) is 27.5 Å². The first-order valence-corrected chi connectivity index (χ1v) is 15.9. The van der Waals surface area contributed by atoms with Gasteiger partial charge < -0.3 is 27.5 Å². The van der Waals surface area contributed by atoms with Gasteiger partial charge in [0.1, 0.15) is 12.3 Å². The average molecular weight is 679 g/mol. The molecule has 4 aliphatic carbocycles. The molecule has 0 spiro atoms. The number of alkyl halides is 2. The van der Waals surface area contributed by atoms with Crippen LogP contribution in [0.3, 0.4) is 0 Å². The van der Waals surface area contributed by atoms with Gasteiger partial charge in [-0.3, -0.25) is 4.79 Å². The second kappa shape index (κ2) is 11.2. The van der Waals surface area contributed by atoms with Crippen molar-refractivity contribution in [3.8, 4) is 0 Å². The van der Waals surface area contributed by atoms with Gasteiger partial charge >= 0.3 is 23.9 Å². The summed E-state index contributed by atoms with van der Waals surface area (Å²) in [7, 11) is 0. The molecule has 3 aromatic heterocycles. The fourth-order valence-electron chi connectivity index (χ4n) is 9.09. The highest BCUT2D eigenvalue weighted by Gasteiger charge is 2.80. The zero-order chi connectivity index (χ0) is 34.9. The Morgan fingerprint density at radius 1 is 0.857 bits per heavy atom. The normalized spacial score (nSPS) is 36.1. The first-order valence-electron chi connectivity index (χ1n) is 15.9. The Labute approximate surface area is 278 Å². The maximum absolute atomic E-state index is 18.6. The molecule has 3 saturated carbocycles. The maximum Gasteiger partial charge on any atom is 0.381 e. The lowest BCUT2D eigenvalue weighted by Gasteiger charge is -2.63. The minimum Gasteiger partial charge on any atom is -0.457 e. The average Bonchev–Trinajstić information content (AvgIpc) is 3.89. The topological polar surface area (TPSA) is 152 Å². The highest BCUT2D eigenvalue weighted by atomic mass is 19.1. The lowest BCUT2D eigenvalue weighted by molar-refractivity contribution is -0.229. The number of carbonyl (C=O) groups excluding carboxylic acids is 5. The minimum absolute atomic E-state index is 0.0195. The molecule has 0 radical (unpaired) electrons. The van der Waals surface area contributed by atoms with Crippen LogP contribution in [0.25, 0.3) is 0 Å². The molecule has 4 aliphatic rings. The van der Waals surface area contributed by atoms with E-state index in [0.29, 0.717) is 0 Å². The number of halogens is 2. The molecule has 0 N–H and O–H groups in total. The second-order valence-corrected chi connectivity index (χ2v) is 13.6. The van der Waals surface area contributed by atoms with Crippen molar-refractivity contribution in [3.63, 3.8) is 0 Å². The van der Waals surface area contributed by atoms with Crippen LogP contribution in [0.5, 0.6) is 0 Å². The van der Waals surface area contributed by atoms with Crippen molar-refractivity contribution in [2.24, 2.45) is 28.6 Å². The van der Waals surface area contributed by atoms with E-state index in [0.717, 1.165) is 12.2 Å². The van der Waals surface area contributed by atoms with Crippen LogP contribution in [0, 0.1) is 28.6 Å². The number of fused-ring (bicyclic) bond motifs is 5. The van der Waals surface area contributed by atoms with Crippen LogP contribution in [0.2, 0.25) is 0 Å². The molecule has 3 aromatic rings. The van der Waals surface area contributed by atoms with E-state index in [1.807, 2.05) is 0 Å². The molecule has 13 heteroatoms. The van der Waals surface area contributed by atoms with Crippen molar-refractivity contribution in [1.29, 1.82) is 0 Å². The summed E-state index contributed by atoms with van der Waals surface area (Å²) in [6.07, 6.45) is 2.84. The standard InChI is InChI=1S/C36H32F2O11/c1-19-15-21-22-17-24(37)23-16-20(39)10-11-33(23,2)35(22,38)28(47-29(40)25-7-4-12-44-25)18-34(21,3)36(19,49-31(42)27-9-6-14-46-27)32(43)48-30(41)26-8-5-13-45-26/h4-14,16,19,21-22,24,28H,15,17-18H2,1-3H3/t19-,21+,22+,24+,28+,33+,34+,35+,36+/m1/s1. The van der Waals surface area contributed by atoms with Crippen LogP contribution in [-0.4, -0.2) is 53.2 Å².